The maximum absolute atomic E-state index is 12.5. The third-order valence-electron chi connectivity index (χ3n) is 2.93. The number of hydrogen-bond donors (Lipinski definition) is 0. The SMILES string of the molecule is Cc1cc(C(=O)c2ccc(Br)c(Cl)c2)c(C)cc1Cl. The Balaban J connectivity index is 2.49. The Bertz CT molecular complexity index is 665. The van der Waals surface area contributed by atoms with Crippen LogP contribution < -0.4 is 0 Å². The molecule has 0 aliphatic rings. The molecule has 2 aromatic carbocycles. The molecule has 0 aromatic heterocycles. The van der Waals surface area contributed by atoms with Crippen LogP contribution in [0.15, 0.2) is 34.8 Å². The van der Waals surface area contributed by atoms with Crippen molar-refractivity contribution in [3.8, 4) is 0 Å². The first kappa shape index (κ1) is 14.6. The molecule has 0 atom stereocenters. The molecule has 2 rings (SSSR count). The minimum atomic E-state index is -0.0494. The van der Waals surface area contributed by atoms with Gasteiger partial charge in [0.1, 0.15) is 0 Å². The van der Waals surface area contributed by atoms with E-state index in [9.17, 15) is 4.79 Å². The van der Waals surface area contributed by atoms with Crippen LogP contribution in [0.4, 0.5) is 0 Å². The van der Waals surface area contributed by atoms with E-state index in [-0.39, 0.29) is 5.78 Å². The van der Waals surface area contributed by atoms with Gasteiger partial charge in [-0.2, -0.15) is 0 Å². The Hall–Kier alpha value is -0.830. The van der Waals surface area contributed by atoms with Gasteiger partial charge in [-0.05, 0) is 71.2 Å². The molecule has 0 aliphatic heterocycles. The lowest BCUT2D eigenvalue weighted by Crippen LogP contribution is -2.04. The van der Waals surface area contributed by atoms with E-state index in [1.165, 1.54) is 0 Å². The van der Waals surface area contributed by atoms with E-state index in [1.54, 1.807) is 18.2 Å². The highest BCUT2D eigenvalue weighted by Gasteiger charge is 2.14. The summed E-state index contributed by atoms with van der Waals surface area (Å²) in [6.07, 6.45) is 0. The van der Waals surface area contributed by atoms with Gasteiger partial charge in [0.2, 0.25) is 0 Å². The average molecular weight is 358 g/mol. The van der Waals surface area contributed by atoms with Gasteiger partial charge in [0.05, 0.1) is 5.02 Å². The zero-order valence-corrected chi connectivity index (χ0v) is 13.5. The summed E-state index contributed by atoms with van der Waals surface area (Å²) in [4.78, 5) is 12.5. The van der Waals surface area contributed by atoms with Crippen molar-refractivity contribution in [1.82, 2.24) is 0 Å². The maximum Gasteiger partial charge on any atom is 0.193 e. The van der Waals surface area contributed by atoms with Gasteiger partial charge in [0.25, 0.3) is 0 Å². The summed E-state index contributed by atoms with van der Waals surface area (Å²) in [6.45, 7) is 3.76. The van der Waals surface area contributed by atoms with E-state index in [2.05, 4.69) is 15.9 Å². The van der Waals surface area contributed by atoms with Crippen LogP contribution >= 0.6 is 39.1 Å². The van der Waals surface area contributed by atoms with Crippen molar-refractivity contribution in [2.24, 2.45) is 0 Å². The van der Waals surface area contributed by atoms with Crippen molar-refractivity contribution >= 4 is 44.9 Å². The van der Waals surface area contributed by atoms with Gasteiger partial charge >= 0.3 is 0 Å². The van der Waals surface area contributed by atoms with Gasteiger partial charge < -0.3 is 0 Å². The highest BCUT2D eigenvalue weighted by atomic mass is 79.9. The Morgan fingerprint density at radius 2 is 1.68 bits per heavy atom. The summed E-state index contributed by atoms with van der Waals surface area (Å²) < 4.78 is 0.773. The number of benzene rings is 2. The number of rotatable bonds is 2. The molecule has 0 saturated carbocycles. The normalized spacial score (nSPS) is 10.6. The molecule has 0 bridgehead atoms. The van der Waals surface area contributed by atoms with E-state index in [4.69, 9.17) is 23.2 Å². The Morgan fingerprint density at radius 1 is 1.00 bits per heavy atom. The fourth-order valence-corrected chi connectivity index (χ4v) is 2.46. The van der Waals surface area contributed by atoms with Gasteiger partial charge in [0, 0.05) is 20.6 Å². The van der Waals surface area contributed by atoms with Gasteiger partial charge in [-0.25, -0.2) is 0 Å². The molecular formula is C15H11BrCl2O. The lowest BCUT2D eigenvalue weighted by molar-refractivity contribution is 0.103. The van der Waals surface area contributed by atoms with E-state index in [0.29, 0.717) is 21.2 Å². The number of carbonyl (C=O) groups excluding carboxylic acids is 1. The van der Waals surface area contributed by atoms with Crippen LogP contribution in [0.25, 0.3) is 0 Å². The third-order valence-corrected chi connectivity index (χ3v) is 4.57. The molecule has 0 N–H and O–H groups in total. The smallest absolute Gasteiger partial charge is 0.193 e. The lowest BCUT2D eigenvalue weighted by Gasteiger charge is -2.09. The molecule has 0 unspecified atom stereocenters. The average Bonchev–Trinajstić information content (AvgIpc) is 2.36. The number of aryl methyl sites for hydroxylation is 2. The largest absolute Gasteiger partial charge is 0.289 e. The molecule has 0 fully saturated rings. The third kappa shape index (κ3) is 3.02. The van der Waals surface area contributed by atoms with Crippen LogP contribution in [-0.2, 0) is 0 Å². The van der Waals surface area contributed by atoms with E-state index in [1.807, 2.05) is 26.0 Å². The van der Waals surface area contributed by atoms with E-state index in [0.717, 1.165) is 15.6 Å². The summed E-state index contributed by atoms with van der Waals surface area (Å²) >= 11 is 15.4. The fourth-order valence-electron chi connectivity index (χ4n) is 1.82. The standard InChI is InChI=1S/C15H11BrCl2O/c1-8-6-13(17)9(2)5-11(8)15(19)10-3-4-12(16)14(18)7-10/h3-7H,1-2H3. The van der Waals surface area contributed by atoms with Gasteiger partial charge in [-0.1, -0.05) is 23.2 Å². The van der Waals surface area contributed by atoms with Crippen LogP contribution in [-0.4, -0.2) is 5.78 Å². The summed E-state index contributed by atoms with van der Waals surface area (Å²) in [5.41, 5.74) is 2.97. The van der Waals surface area contributed by atoms with Gasteiger partial charge in [-0.3, -0.25) is 4.79 Å². The lowest BCUT2D eigenvalue weighted by atomic mass is 9.97. The molecule has 0 saturated heterocycles. The second-order valence-corrected chi connectivity index (χ2v) is 6.04. The second-order valence-electron chi connectivity index (χ2n) is 4.37. The van der Waals surface area contributed by atoms with Crippen molar-refractivity contribution < 1.29 is 4.79 Å². The highest BCUT2D eigenvalue weighted by molar-refractivity contribution is 9.10. The molecule has 98 valence electrons. The van der Waals surface area contributed by atoms with E-state index >= 15 is 0 Å². The van der Waals surface area contributed by atoms with Gasteiger partial charge in [-0.15, -0.1) is 0 Å². The molecule has 4 heteroatoms. The van der Waals surface area contributed by atoms with Crippen molar-refractivity contribution in [1.29, 1.82) is 0 Å². The van der Waals surface area contributed by atoms with Gasteiger partial charge in [0.15, 0.2) is 5.78 Å². The second kappa shape index (κ2) is 5.66. The maximum atomic E-state index is 12.5. The summed E-state index contributed by atoms with van der Waals surface area (Å²) in [5.74, 6) is -0.0494. The highest BCUT2D eigenvalue weighted by Crippen LogP contribution is 2.26. The topological polar surface area (TPSA) is 17.1 Å². The van der Waals surface area contributed by atoms with Crippen molar-refractivity contribution in [2.45, 2.75) is 13.8 Å². The number of carbonyl (C=O) groups is 1. The summed E-state index contributed by atoms with van der Waals surface area (Å²) in [6, 6.07) is 8.81. The minimum absolute atomic E-state index is 0.0494. The van der Waals surface area contributed by atoms with Crippen LogP contribution in [0.3, 0.4) is 0 Å². The van der Waals surface area contributed by atoms with Crippen molar-refractivity contribution in [3.63, 3.8) is 0 Å². The molecule has 0 heterocycles. The molecule has 1 nitrogen and oxygen atoms in total. The zero-order valence-electron chi connectivity index (χ0n) is 10.4. The molecular weight excluding hydrogens is 347 g/mol. The van der Waals surface area contributed by atoms with Crippen LogP contribution in [0.1, 0.15) is 27.0 Å². The first-order valence-electron chi connectivity index (χ1n) is 5.66. The number of ketones is 1. The predicted octanol–water partition coefficient (Wildman–Crippen LogP) is 5.60. The summed E-state index contributed by atoms with van der Waals surface area (Å²) in [7, 11) is 0. The molecule has 0 spiro atoms. The fraction of sp³-hybridized carbons (Fsp3) is 0.133. The van der Waals surface area contributed by atoms with Crippen molar-refractivity contribution in [3.05, 3.63) is 67.1 Å². The Kier molecular flexibility index (Phi) is 4.34. The molecule has 0 amide bonds. The van der Waals surface area contributed by atoms with Crippen molar-refractivity contribution in [2.75, 3.05) is 0 Å². The Labute approximate surface area is 130 Å². The summed E-state index contributed by atoms with van der Waals surface area (Å²) in [5, 5.41) is 1.19. The quantitative estimate of drug-likeness (QED) is 0.639. The molecule has 0 radical (unpaired) electrons. The van der Waals surface area contributed by atoms with Crippen LogP contribution in [0.5, 0.6) is 0 Å². The van der Waals surface area contributed by atoms with E-state index < -0.39 is 0 Å². The number of hydrogen-bond acceptors (Lipinski definition) is 1. The number of halogens is 3. The van der Waals surface area contributed by atoms with Crippen LogP contribution in [0, 0.1) is 13.8 Å². The monoisotopic (exact) mass is 356 g/mol. The molecule has 19 heavy (non-hydrogen) atoms. The Morgan fingerprint density at radius 3 is 2.32 bits per heavy atom. The zero-order chi connectivity index (χ0) is 14.2. The minimum Gasteiger partial charge on any atom is -0.289 e. The predicted molar refractivity (Wildman–Crippen MR) is 83.5 cm³/mol. The first-order chi connectivity index (χ1) is 8.90. The first-order valence-corrected chi connectivity index (χ1v) is 7.21. The van der Waals surface area contributed by atoms with Crippen LogP contribution in [0.2, 0.25) is 10.0 Å². The molecule has 2 aromatic rings. The molecule has 0 aliphatic carbocycles.